The van der Waals surface area contributed by atoms with Crippen LogP contribution in [0.5, 0.6) is 0 Å². The molecule has 4 heteroatoms. The maximum atomic E-state index is 10.8. The molecule has 0 radical (unpaired) electrons. The number of methoxy groups -OCH3 is 2. The maximum absolute atomic E-state index is 10.8. The number of carbonyl (C=O) groups excluding carboxylic acids is 1. The molecule has 18 heavy (non-hydrogen) atoms. The van der Waals surface area contributed by atoms with Crippen LogP contribution in [0.3, 0.4) is 0 Å². The third-order valence-corrected chi connectivity index (χ3v) is 3.57. The number of anilines is 1. The standard InChI is InChI=1S/C14H19NO3/c1-10-6-12(5-4-11(10)9-16)15-7-13(17-2)14(8-15)18-3/h4-6,9,13-14H,7-8H2,1-3H3. The number of hydrogen-bond donors (Lipinski definition) is 0. The third kappa shape index (κ3) is 2.40. The number of carbonyl (C=O) groups is 1. The lowest BCUT2D eigenvalue weighted by Crippen LogP contribution is -2.27. The van der Waals surface area contributed by atoms with Gasteiger partial charge in [-0.2, -0.15) is 0 Å². The van der Waals surface area contributed by atoms with Crippen LogP contribution in [0.25, 0.3) is 0 Å². The lowest BCUT2D eigenvalue weighted by atomic mass is 10.1. The van der Waals surface area contributed by atoms with Crippen molar-refractivity contribution < 1.29 is 14.3 Å². The van der Waals surface area contributed by atoms with E-state index in [0.29, 0.717) is 0 Å². The van der Waals surface area contributed by atoms with E-state index in [-0.39, 0.29) is 12.2 Å². The number of aryl methyl sites for hydroxylation is 1. The summed E-state index contributed by atoms with van der Waals surface area (Å²) in [5.74, 6) is 0. The van der Waals surface area contributed by atoms with E-state index in [0.717, 1.165) is 36.2 Å². The Balaban J connectivity index is 2.18. The van der Waals surface area contributed by atoms with Crippen LogP contribution in [0.15, 0.2) is 18.2 Å². The molecule has 1 aliphatic rings. The minimum absolute atomic E-state index is 0.0982. The Morgan fingerprint density at radius 3 is 2.28 bits per heavy atom. The normalized spacial score (nSPS) is 23.4. The summed E-state index contributed by atoms with van der Waals surface area (Å²) in [6.07, 6.45) is 1.08. The van der Waals surface area contributed by atoms with E-state index in [4.69, 9.17) is 9.47 Å². The molecular weight excluding hydrogens is 230 g/mol. The smallest absolute Gasteiger partial charge is 0.150 e. The van der Waals surface area contributed by atoms with Crippen LogP contribution in [-0.2, 0) is 9.47 Å². The minimum Gasteiger partial charge on any atom is -0.377 e. The molecule has 98 valence electrons. The molecule has 0 spiro atoms. The van der Waals surface area contributed by atoms with E-state index in [2.05, 4.69) is 4.90 Å². The van der Waals surface area contributed by atoms with Gasteiger partial charge in [-0.25, -0.2) is 0 Å². The minimum atomic E-state index is 0.0982. The molecular formula is C14H19NO3. The summed E-state index contributed by atoms with van der Waals surface area (Å²) < 4.78 is 10.8. The molecule has 4 nitrogen and oxygen atoms in total. The van der Waals surface area contributed by atoms with E-state index >= 15 is 0 Å². The summed E-state index contributed by atoms with van der Waals surface area (Å²) >= 11 is 0. The maximum Gasteiger partial charge on any atom is 0.150 e. The van der Waals surface area contributed by atoms with Crippen molar-refractivity contribution in [1.29, 1.82) is 0 Å². The Bertz CT molecular complexity index is 421. The molecule has 1 fully saturated rings. The summed E-state index contributed by atoms with van der Waals surface area (Å²) in [6.45, 7) is 3.58. The van der Waals surface area contributed by atoms with E-state index in [1.54, 1.807) is 14.2 Å². The lowest BCUT2D eigenvalue weighted by Gasteiger charge is -2.19. The molecule has 1 heterocycles. The van der Waals surface area contributed by atoms with Crippen LogP contribution < -0.4 is 4.90 Å². The first-order valence-electron chi connectivity index (χ1n) is 6.06. The summed E-state index contributed by atoms with van der Waals surface area (Å²) in [7, 11) is 3.42. The zero-order valence-electron chi connectivity index (χ0n) is 11.1. The molecule has 2 unspecified atom stereocenters. The lowest BCUT2D eigenvalue weighted by molar-refractivity contribution is -0.00461. The highest BCUT2D eigenvalue weighted by Gasteiger charge is 2.33. The molecule has 2 rings (SSSR count). The zero-order chi connectivity index (χ0) is 13.1. The zero-order valence-corrected chi connectivity index (χ0v) is 11.1. The van der Waals surface area contributed by atoms with Crippen molar-refractivity contribution in [3.8, 4) is 0 Å². The molecule has 2 atom stereocenters. The van der Waals surface area contributed by atoms with Crippen molar-refractivity contribution in [3.05, 3.63) is 29.3 Å². The van der Waals surface area contributed by atoms with Crippen molar-refractivity contribution in [2.24, 2.45) is 0 Å². The molecule has 0 bridgehead atoms. The first-order valence-corrected chi connectivity index (χ1v) is 6.06. The van der Waals surface area contributed by atoms with Crippen LogP contribution in [0.1, 0.15) is 15.9 Å². The molecule has 0 aliphatic carbocycles. The molecule has 1 saturated heterocycles. The Morgan fingerprint density at radius 2 is 1.83 bits per heavy atom. The van der Waals surface area contributed by atoms with Crippen molar-refractivity contribution in [2.75, 3.05) is 32.2 Å². The Morgan fingerprint density at radius 1 is 1.22 bits per heavy atom. The molecule has 1 aromatic carbocycles. The Labute approximate surface area is 107 Å². The second-order valence-electron chi connectivity index (χ2n) is 4.61. The first-order chi connectivity index (χ1) is 8.69. The van der Waals surface area contributed by atoms with Crippen LogP contribution in [0.2, 0.25) is 0 Å². The Kier molecular flexibility index (Phi) is 3.99. The van der Waals surface area contributed by atoms with E-state index in [1.807, 2.05) is 25.1 Å². The van der Waals surface area contributed by atoms with Gasteiger partial charge in [0.2, 0.25) is 0 Å². The third-order valence-electron chi connectivity index (χ3n) is 3.57. The summed E-state index contributed by atoms with van der Waals surface area (Å²) in [6, 6.07) is 5.87. The van der Waals surface area contributed by atoms with Gasteiger partial charge >= 0.3 is 0 Å². The number of ether oxygens (including phenoxy) is 2. The van der Waals surface area contributed by atoms with Crippen molar-refractivity contribution in [2.45, 2.75) is 19.1 Å². The highest BCUT2D eigenvalue weighted by Crippen LogP contribution is 2.25. The topological polar surface area (TPSA) is 38.8 Å². The average Bonchev–Trinajstić information content (AvgIpc) is 2.81. The van der Waals surface area contributed by atoms with Gasteiger partial charge in [-0.05, 0) is 30.7 Å². The number of nitrogens with zero attached hydrogens (tertiary/aromatic N) is 1. The van der Waals surface area contributed by atoms with Crippen LogP contribution in [0, 0.1) is 6.92 Å². The van der Waals surface area contributed by atoms with Gasteiger partial charge in [0.05, 0.1) is 0 Å². The van der Waals surface area contributed by atoms with Crippen LogP contribution in [0.4, 0.5) is 5.69 Å². The SMILES string of the molecule is COC1CN(c2ccc(C=O)c(C)c2)CC1OC. The van der Waals surface area contributed by atoms with Gasteiger partial charge < -0.3 is 14.4 Å². The van der Waals surface area contributed by atoms with Gasteiger partial charge in [0.25, 0.3) is 0 Å². The summed E-state index contributed by atoms with van der Waals surface area (Å²) in [4.78, 5) is 13.0. The quantitative estimate of drug-likeness (QED) is 0.761. The number of benzene rings is 1. The predicted octanol–water partition coefficient (Wildman–Crippen LogP) is 1.66. The number of rotatable bonds is 4. The second-order valence-corrected chi connectivity index (χ2v) is 4.61. The number of hydrogen-bond acceptors (Lipinski definition) is 4. The van der Waals surface area contributed by atoms with E-state index in [1.165, 1.54) is 0 Å². The average molecular weight is 249 g/mol. The monoisotopic (exact) mass is 249 g/mol. The second kappa shape index (κ2) is 5.50. The first kappa shape index (κ1) is 13.1. The molecule has 1 aliphatic heterocycles. The molecule has 0 amide bonds. The van der Waals surface area contributed by atoms with Gasteiger partial charge in [-0.3, -0.25) is 4.79 Å². The van der Waals surface area contributed by atoms with E-state index in [9.17, 15) is 4.79 Å². The molecule has 0 aromatic heterocycles. The van der Waals surface area contributed by atoms with Crippen LogP contribution >= 0.6 is 0 Å². The molecule has 1 aromatic rings. The van der Waals surface area contributed by atoms with Gasteiger partial charge in [-0.15, -0.1) is 0 Å². The fraction of sp³-hybridized carbons (Fsp3) is 0.500. The van der Waals surface area contributed by atoms with Gasteiger partial charge in [0.1, 0.15) is 18.5 Å². The van der Waals surface area contributed by atoms with Crippen molar-refractivity contribution in [1.82, 2.24) is 0 Å². The van der Waals surface area contributed by atoms with Gasteiger partial charge in [-0.1, -0.05) is 0 Å². The van der Waals surface area contributed by atoms with Crippen molar-refractivity contribution in [3.63, 3.8) is 0 Å². The van der Waals surface area contributed by atoms with Crippen LogP contribution in [-0.4, -0.2) is 45.8 Å². The highest BCUT2D eigenvalue weighted by molar-refractivity contribution is 5.78. The highest BCUT2D eigenvalue weighted by atomic mass is 16.5. The largest absolute Gasteiger partial charge is 0.377 e. The van der Waals surface area contributed by atoms with Gasteiger partial charge in [0.15, 0.2) is 0 Å². The summed E-state index contributed by atoms with van der Waals surface area (Å²) in [5, 5.41) is 0. The Hall–Kier alpha value is -1.39. The van der Waals surface area contributed by atoms with E-state index < -0.39 is 0 Å². The molecule has 0 N–H and O–H groups in total. The molecule has 0 saturated carbocycles. The fourth-order valence-electron chi connectivity index (χ4n) is 2.40. The number of aldehydes is 1. The summed E-state index contributed by atoms with van der Waals surface area (Å²) in [5.41, 5.74) is 2.85. The van der Waals surface area contributed by atoms with Crippen molar-refractivity contribution >= 4 is 12.0 Å². The fourth-order valence-corrected chi connectivity index (χ4v) is 2.40. The predicted molar refractivity (Wildman–Crippen MR) is 70.4 cm³/mol. The van der Waals surface area contributed by atoms with Gasteiger partial charge in [0, 0.05) is 38.6 Å².